The van der Waals surface area contributed by atoms with Crippen LogP contribution < -0.4 is 10.6 Å². The van der Waals surface area contributed by atoms with Crippen LogP contribution in [0.5, 0.6) is 0 Å². The van der Waals surface area contributed by atoms with Gasteiger partial charge in [-0.1, -0.05) is 65.9 Å². The Kier molecular flexibility index (Phi) is 6.90. The van der Waals surface area contributed by atoms with Gasteiger partial charge in [0.2, 0.25) is 0 Å². The van der Waals surface area contributed by atoms with E-state index in [4.69, 9.17) is 0 Å². The summed E-state index contributed by atoms with van der Waals surface area (Å²) in [6.07, 6.45) is 1.99. The lowest BCUT2D eigenvalue weighted by molar-refractivity contribution is 0.0913. The zero-order valence-corrected chi connectivity index (χ0v) is 18.2. The van der Waals surface area contributed by atoms with E-state index in [9.17, 15) is 4.79 Å². The Morgan fingerprint density at radius 1 is 1.03 bits per heavy atom. The third-order valence-corrected chi connectivity index (χ3v) is 5.86. The number of piperidine rings is 1. The maximum atomic E-state index is 13.3. The van der Waals surface area contributed by atoms with Crippen LogP contribution in [0.3, 0.4) is 0 Å². The third-order valence-electron chi connectivity index (χ3n) is 5.86. The molecule has 1 amide bonds. The number of amides is 1. The minimum absolute atomic E-state index is 0. The summed E-state index contributed by atoms with van der Waals surface area (Å²) in [7, 11) is 0. The van der Waals surface area contributed by atoms with E-state index in [0.29, 0.717) is 11.7 Å². The number of hydrogen-bond acceptors (Lipinski definition) is 4. The Morgan fingerprint density at radius 2 is 1.57 bits per heavy atom. The van der Waals surface area contributed by atoms with Crippen molar-refractivity contribution in [3.05, 3.63) is 83.2 Å². The predicted octanol–water partition coefficient (Wildman–Crippen LogP) is 3.63. The summed E-state index contributed by atoms with van der Waals surface area (Å²) in [5.74, 6) is -0.210. The van der Waals surface area contributed by atoms with E-state index in [2.05, 4.69) is 20.9 Å². The first-order valence-corrected chi connectivity index (χ1v) is 10.2. The Hall–Kier alpha value is -2.70. The fourth-order valence-corrected chi connectivity index (χ4v) is 4.09. The van der Waals surface area contributed by atoms with Crippen LogP contribution in [0.1, 0.15) is 53.1 Å². The summed E-state index contributed by atoms with van der Waals surface area (Å²) in [5.41, 5.74) is 2.57. The molecule has 0 bridgehead atoms. The van der Waals surface area contributed by atoms with Crippen LogP contribution in [0.2, 0.25) is 0 Å². The average molecular weight is 426 g/mol. The highest BCUT2D eigenvalue weighted by Gasteiger charge is 2.33. The van der Waals surface area contributed by atoms with Gasteiger partial charge in [-0.3, -0.25) is 4.79 Å². The number of carbonyl (C=O) groups is 1. The van der Waals surface area contributed by atoms with Crippen molar-refractivity contribution in [2.75, 3.05) is 13.1 Å². The lowest BCUT2D eigenvalue weighted by Gasteiger charge is -2.32. The van der Waals surface area contributed by atoms with Gasteiger partial charge in [0.25, 0.3) is 5.91 Å². The number of halogens is 1. The van der Waals surface area contributed by atoms with E-state index in [-0.39, 0.29) is 18.3 Å². The second-order valence-corrected chi connectivity index (χ2v) is 7.76. The second-order valence-electron chi connectivity index (χ2n) is 7.76. The van der Waals surface area contributed by atoms with E-state index in [1.165, 1.54) is 0 Å². The van der Waals surface area contributed by atoms with Crippen molar-refractivity contribution in [1.29, 1.82) is 0 Å². The SMILES string of the molecule is Cc1c(C(=O)NC(C)(c2ccccc2)c2ccccc2)nnn1C1CCNCC1.Cl. The number of benzene rings is 2. The first-order chi connectivity index (χ1) is 14.1. The zero-order chi connectivity index (χ0) is 20.3. The maximum Gasteiger partial charge on any atom is 0.274 e. The highest BCUT2D eigenvalue weighted by Crippen LogP contribution is 2.30. The molecule has 1 fully saturated rings. The fourth-order valence-electron chi connectivity index (χ4n) is 4.09. The fraction of sp³-hybridized carbons (Fsp3) is 0.348. The van der Waals surface area contributed by atoms with Gasteiger partial charge in [0.15, 0.2) is 5.69 Å². The summed E-state index contributed by atoms with van der Waals surface area (Å²) in [5, 5.41) is 15.1. The van der Waals surface area contributed by atoms with Crippen molar-refractivity contribution >= 4 is 18.3 Å². The smallest absolute Gasteiger partial charge is 0.274 e. The van der Waals surface area contributed by atoms with Gasteiger partial charge >= 0.3 is 0 Å². The monoisotopic (exact) mass is 425 g/mol. The first-order valence-electron chi connectivity index (χ1n) is 10.2. The van der Waals surface area contributed by atoms with Crippen molar-refractivity contribution in [2.45, 2.75) is 38.3 Å². The minimum Gasteiger partial charge on any atom is -0.337 e. The van der Waals surface area contributed by atoms with Gasteiger partial charge in [-0.25, -0.2) is 4.68 Å². The zero-order valence-electron chi connectivity index (χ0n) is 17.3. The molecule has 0 saturated carbocycles. The van der Waals surface area contributed by atoms with Gasteiger partial charge in [-0.05, 0) is 50.9 Å². The Bertz CT molecular complexity index is 928. The molecule has 2 aromatic carbocycles. The molecule has 1 aliphatic heterocycles. The molecular formula is C23H28ClN5O. The van der Waals surface area contributed by atoms with Crippen LogP contribution in [-0.2, 0) is 5.54 Å². The van der Waals surface area contributed by atoms with Gasteiger partial charge in [0, 0.05) is 0 Å². The van der Waals surface area contributed by atoms with Crippen LogP contribution in [0.25, 0.3) is 0 Å². The highest BCUT2D eigenvalue weighted by molar-refractivity contribution is 5.94. The van der Waals surface area contributed by atoms with Crippen LogP contribution in [0, 0.1) is 6.92 Å². The summed E-state index contributed by atoms with van der Waals surface area (Å²) >= 11 is 0. The van der Waals surface area contributed by atoms with Crippen molar-refractivity contribution in [2.24, 2.45) is 0 Å². The molecule has 0 atom stereocenters. The van der Waals surface area contributed by atoms with Gasteiger partial charge < -0.3 is 10.6 Å². The van der Waals surface area contributed by atoms with E-state index in [1.807, 2.05) is 79.2 Å². The van der Waals surface area contributed by atoms with Crippen molar-refractivity contribution < 1.29 is 4.79 Å². The maximum absolute atomic E-state index is 13.3. The number of nitrogens with zero attached hydrogens (tertiary/aromatic N) is 3. The molecule has 0 aliphatic carbocycles. The molecular weight excluding hydrogens is 398 g/mol. The lowest BCUT2D eigenvalue weighted by Crippen LogP contribution is -2.44. The Labute approximate surface area is 183 Å². The van der Waals surface area contributed by atoms with Gasteiger partial charge in [-0.15, -0.1) is 17.5 Å². The molecule has 1 aromatic heterocycles. The van der Waals surface area contributed by atoms with Crippen molar-refractivity contribution in [3.63, 3.8) is 0 Å². The molecule has 1 saturated heterocycles. The average Bonchev–Trinajstić information content (AvgIpc) is 3.17. The molecule has 0 unspecified atom stereocenters. The first kappa shape index (κ1) is 22.0. The summed E-state index contributed by atoms with van der Waals surface area (Å²) in [4.78, 5) is 13.3. The van der Waals surface area contributed by atoms with Crippen LogP contribution in [-0.4, -0.2) is 34.0 Å². The Balaban J connectivity index is 0.00000256. The van der Waals surface area contributed by atoms with Crippen LogP contribution in [0.4, 0.5) is 0 Å². The molecule has 0 spiro atoms. The highest BCUT2D eigenvalue weighted by atomic mass is 35.5. The molecule has 2 heterocycles. The van der Waals surface area contributed by atoms with E-state index in [1.54, 1.807) is 0 Å². The molecule has 2 N–H and O–H groups in total. The summed E-state index contributed by atoms with van der Waals surface area (Å²) < 4.78 is 1.91. The molecule has 0 radical (unpaired) electrons. The number of nitrogens with one attached hydrogen (secondary N) is 2. The number of carbonyl (C=O) groups excluding carboxylic acids is 1. The topological polar surface area (TPSA) is 71.8 Å². The van der Waals surface area contributed by atoms with E-state index < -0.39 is 5.54 Å². The van der Waals surface area contributed by atoms with E-state index >= 15 is 0 Å². The summed E-state index contributed by atoms with van der Waals surface area (Å²) in [6.45, 7) is 5.89. The molecule has 1 aliphatic rings. The van der Waals surface area contributed by atoms with Crippen LogP contribution in [0.15, 0.2) is 60.7 Å². The third kappa shape index (κ3) is 4.25. The van der Waals surface area contributed by atoms with Gasteiger partial charge in [0.1, 0.15) is 0 Å². The van der Waals surface area contributed by atoms with Gasteiger partial charge in [0.05, 0.1) is 17.3 Å². The molecule has 3 aromatic rings. The molecule has 6 nitrogen and oxygen atoms in total. The quantitative estimate of drug-likeness (QED) is 0.654. The number of aromatic nitrogens is 3. The minimum atomic E-state index is -0.676. The standard InChI is InChI=1S/C23H27N5O.ClH/c1-17-21(26-27-28(17)20-13-15-24-16-14-20)22(29)25-23(2,18-9-5-3-6-10-18)19-11-7-4-8-12-19;/h3-12,20,24H,13-16H2,1-2H3,(H,25,29);1H. The van der Waals surface area contributed by atoms with Crippen LogP contribution >= 0.6 is 12.4 Å². The normalized spacial score (nSPS) is 14.7. The number of hydrogen-bond donors (Lipinski definition) is 2. The molecule has 30 heavy (non-hydrogen) atoms. The molecule has 4 rings (SSSR count). The van der Waals surface area contributed by atoms with Crippen molar-refractivity contribution in [3.8, 4) is 0 Å². The predicted molar refractivity (Wildman–Crippen MR) is 120 cm³/mol. The summed E-state index contributed by atoms with van der Waals surface area (Å²) in [6, 6.07) is 20.3. The largest absolute Gasteiger partial charge is 0.337 e. The van der Waals surface area contributed by atoms with Crippen molar-refractivity contribution in [1.82, 2.24) is 25.6 Å². The number of rotatable bonds is 5. The van der Waals surface area contributed by atoms with E-state index in [0.717, 1.165) is 42.8 Å². The lowest BCUT2D eigenvalue weighted by atomic mass is 9.84. The molecule has 7 heteroatoms. The molecule has 158 valence electrons. The Morgan fingerprint density at radius 3 is 2.10 bits per heavy atom. The second kappa shape index (κ2) is 9.41. The van der Waals surface area contributed by atoms with Gasteiger partial charge in [-0.2, -0.15) is 0 Å².